The van der Waals surface area contributed by atoms with Gasteiger partial charge in [-0.25, -0.2) is 0 Å². The van der Waals surface area contributed by atoms with Crippen LogP contribution >= 0.6 is 21.6 Å². The summed E-state index contributed by atoms with van der Waals surface area (Å²) in [4.78, 5) is 28.0. The number of benzene rings is 1. The summed E-state index contributed by atoms with van der Waals surface area (Å²) in [6, 6.07) is 5.30. The molecule has 10 heteroatoms. The molecule has 4 atom stereocenters. The maximum Gasteiger partial charge on any atom is 0.261 e. The molecule has 1 spiro atoms. The van der Waals surface area contributed by atoms with E-state index in [4.69, 9.17) is 14.2 Å². The van der Waals surface area contributed by atoms with E-state index in [1.807, 2.05) is 0 Å². The van der Waals surface area contributed by atoms with Gasteiger partial charge in [0.2, 0.25) is 12.5 Å². The fourth-order valence-electron chi connectivity index (χ4n) is 4.77. The minimum Gasteiger partial charge on any atom is -0.492 e. The molecule has 29 heavy (non-hydrogen) atoms. The first-order valence-electron chi connectivity index (χ1n) is 9.10. The van der Waals surface area contributed by atoms with Crippen LogP contribution in [-0.2, 0) is 9.59 Å². The quantitative estimate of drug-likeness (QED) is 0.657. The minimum absolute atomic E-state index is 0.0791. The monoisotopic (exact) mass is 433 g/mol. The number of rotatable bonds is 2. The van der Waals surface area contributed by atoms with Crippen LogP contribution in [0.5, 0.6) is 17.2 Å². The average molecular weight is 434 g/mol. The van der Waals surface area contributed by atoms with E-state index in [9.17, 15) is 14.9 Å². The molecule has 1 aromatic rings. The van der Waals surface area contributed by atoms with Crippen molar-refractivity contribution in [3.05, 3.63) is 17.7 Å². The number of piperazine rings is 1. The summed E-state index contributed by atoms with van der Waals surface area (Å²) >= 11 is 0. The molecule has 2 unspecified atom stereocenters. The predicted molar refractivity (Wildman–Crippen MR) is 106 cm³/mol. The first kappa shape index (κ1) is 18.8. The highest BCUT2D eigenvalue weighted by molar-refractivity contribution is 8.78. The Bertz CT molecular complexity index is 1010. The molecule has 5 heterocycles. The third kappa shape index (κ3) is 2.02. The van der Waals surface area contributed by atoms with Crippen LogP contribution in [0.1, 0.15) is 31.9 Å². The Morgan fingerprint density at radius 3 is 2.69 bits per heavy atom. The van der Waals surface area contributed by atoms with E-state index < -0.39 is 21.2 Å². The van der Waals surface area contributed by atoms with Crippen LogP contribution in [0.2, 0.25) is 0 Å². The number of likely N-dealkylation sites (N-methyl/N-ethyl adjacent to an activating group) is 1. The van der Waals surface area contributed by atoms with Gasteiger partial charge in [0, 0.05) is 19.0 Å². The SMILES string of the molecule is COc1c([C@@H]2N3C(=O)C4(C)SSC3(C[C@]2(C)C#N)C(=O)N4C)ccc2c1OCO2. The lowest BCUT2D eigenvalue weighted by atomic mass is 9.79. The molecule has 2 amide bonds. The Balaban J connectivity index is 1.75. The zero-order valence-electron chi connectivity index (χ0n) is 16.3. The van der Waals surface area contributed by atoms with Crippen molar-refractivity contribution in [2.24, 2.45) is 5.41 Å². The third-order valence-corrected chi connectivity index (χ3v) is 10.1. The van der Waals surface area contributed by atoms with Gasteiger partial charge in [-0.05, 0) is 26.0 Å². The number of hydrogen-bond acceptors (Lipinski definition) is 8. The topological polar surface area (TPSA) is 92.1 Å². The van der Waals surface area contributed by atoms with Gasteiger partial charge in [-0.1, -0.05) is 21.6 Å². The van der Waals surface area contributed by atoms with Crippen molar-refractivity contribution in [1.29, 1.82) is 5.26 Å². The summed E-state index contributed by atoms with van der Waals surface area (Å²) in [6.45, 7) is 3.63. The molecule has 0 saturated carbocycles. The number of carbonyl (C=O) groups excluding carboxylic acids is 2. The van der Waals surface area contributed by atoms with E-state index in [2.05, 4.69) is 6.07 Å². The zero-order chi connectivity index (χ0) is 20.8. The van der Waals surface area contributed by atoms with Crippen molar-refractivity contribution >= 4 is 33.4 Å². The highest BCUT2D eigenvalue weighted by atomic mass is 33.1. The zero-order valence-corrected chi connectivity index (χ0v) is 18.0. The minimum atomic E-state index is -1.12. The van der Waals surface area contributed by atoms with Crippen LogP contribution in [0, 0.1) is 16.7 Å². The van der Waals surface area contributed by atoms with Crippen molar-refractivity contribution in [2.45, 2.75) is 36.1 Å². The van der Waals surface area contributed by atoms with Crippen LogP contribution < -0.4 is 14.2 Å². The molecule has 0 N–H and O–H groups in total. The number of amides is 2. The average Bonchev–Trinajstić information content (AvgIpc) is 3.29. The molecule has 4 saturated heterocycles. The van der Waals surface area contributed by atoms with Crippen LogP contribution in [0.3, 0.4) is 0 Å². The Morgan fingerprint density at radius 2 is 2.00 bits per heavy atom. The molecule has 5 aliphatic rings. The summed E-state index contributed by atoms with van der Waals surface area (Å²) in [6.07, 6.45) is 0.238. The van der Waals surface area contributed by atoms with Gasteiger partial charge >= 0.3 is 0 Å². The lowest BCUT2D eigenvalue weighted by molar-refractivity contribution is -0.164. The van der Waals surface area contributed by atoms with Gasteiger partial charge in [-0.3, -0.25) is 9.59 Å². The molecular weight excluding hydrogens is 414 g/mol. The second-order valence-corrected chi connectivity index (χ2v) is 10.8. The maximum atomic E-state index is 13.7. The number of fused-ring (bicyclic) bond motifs is 3. The van der Waals surface area contributed by atoms with Gasteiger partial charge < -0.3 is 24.0 Å². The molecule has 2 bridgehead atoms. The lowest BCUT2D eigenvalue weighted by Gasteiger charge is -2.57. The normalized spacial score (nSPS) is 37.0. The van der Waals surface area contributed by atoms with Crippen LogP contribution in [0.4, 0.5) is 0 Å². The van der Waals surface area contributed by atoms with E-state index in [1.165, 1.54) is 33.6 Å². The fraction of sp³-hybridized carbons (Fsp3) is 0.526. The number of carbonyl (C=O) groups is 2. The second-order valence-electron chi connectivity index (χ2n) is 8.00. The molecule has 152 valence electrons. The molecule has 1 aromatic carbocycles. The van der Waals surface area contributed by atoms with Crippen molar-refractivity contribution in [3.8, 4) is 23.3 Å². The van der Waals surface area contributed by atoms with Gasteiger partial charge in [-0.2, -0.15) is 5.26 Å². The first-order chi connectivity index (χ1) is 13.7. The molecule has 0 radical (unpaired) electrons. The van der Waals surface area contributed by atoms with Crippen molar-refractivity contribution in [1.82, 2.24) is 9.80 Å². The maximum absolute atomic E-state index is 13.7. The van der Waals surface area contributed by atoms with E-state index >= 15 is 0 Å². The number of hydrogen-bond donors (Lipinski definition) is 0. The second kappa shape index (κ2) is 5.67. The Labute approximate surface area is 175 Å². The van der Waals surface area contributed by atoms with Crippen molar-refractivity contribution in [3.63, 3.8) is 0 Å². The molecule has 6 rings (SSSR count). The van der Waals surface area contributed by atoms with E-state index in [-0.39, 0.29) is 25.0 Å². The summed E-state index contributed by atoms with van der Waals surface area (Å²) in [5.41, 5.74) is -0.348. The Kier molecular flexibility index (Phi) is 3.67. The Hall–Kier alpha value is -2.25. The molecule has 4 fully saturated rings. The van der Waals surface area contributed by atoms with Crippen LogP contribution in [0.25, 0.3) is 0 Å². The van der Waals surface area contributed by atoms with Gasteiger partial charge in [0.1, 0.15) is 0 Å². The Morgan fingerprint density at radius 1 is 1.24 bits per heavy atom. The first-order valence-corrected chi connectivity index (χ1v) is 11.2. The van der Waals surface area contributed by atoms with Gasteiger partial charge in [0.25, 0.3) is 11.8 Å². The highest BCUT2D eigenvalue weighted by Crippen LogP contribution is 2.70. The molecule has 0 aliphatic carbocycles. The molecule has 0 aromatic heterocycles. The smallest absolute Gasteiger partial charge is 0.261 e. The van der Waals surface area contributed by atoms with Crippen molar-refractivity contribution < 1.29 is 23.8 Å². The number of nitrogens with zero attached hydrogens (tertiary/aromatic N) is 3. The molecular formula is C19H19N3O5S2. The fourth-order valence-corrected chi connectivity index (χ4v) is 8.35. The largest absolute Gasteiger partial charge is 0.492 e. The van der Waals surface area contributed by atoms with Crippen molar-refractivity contribution in [2.75, 3.05) is 21.0 Å². The van der Waals surface area contributed by atoms with Gasteiger partial charge in [0.15, 0.2) is 21.2 Å². The van der Waals surface area contributed by atoms with E-state index in [0.717, 1.165) is 0 Å². The number of nitriles is 1. The lowest BCUT2D eigenvalue weighted by Crippen LogP contribution is -2.73. The summed E-state index contributed by atoms with van der Waals surface area (Å²) in [5, 5.41) is 10.2. The van der Waals surface area contributed by atoms with E-state index in [1.54, 1.807) is 37.9 Å². The predicted octanol–water partition coefficient (Wildman–Crippen LogP) is 2.51. The van der Waals surface area contributed by atoms with Gasteiger partial charge in [0.05, 0.1) is 24.6 Å². The molecule has 5 aliphatic heterocycles. The number of methoxy groups -OCH3 is 1. The van der Waals surface area contributed by atoms with Crippen LogP contribution in [-0.4, -0.2) is 52.3 Å². The highest BCUT2D eigenvalue weighted by Gasteiger charge is 2.75. The van der Waals surface area contributed by atoms with Gasteiger partial charge in [-0.15, -0.1) is 0 Å². The van der Waals surface area contributed by atoms with Crippen LogP contribution in [0.15, 0.2) is 12.1 Å². The summed E-state index contributed by atoms with van der Waals surface area (Å²) < 4.78 is 16.7. The molecule has 8 nitrogen and oxygen atoms in total. The number of ether oxygens (including phenoxy) is 3. The third-order valence-electron chi connectivity index (χ3n) is 6.37. The standard InChI is InChI=1S/C19H19N3O5S2/c1-17(8-20)7-19-16(24)21(3)18(2,28-29-19)15(23)22(19)14(17)10-5-6-11-13(12(10)25-4)27-9-26-11/h5-6,14H,7,9H2,1-4H3/t14-,17+,18?,19?/m0/s1. The van der Waals surface area contributed by atoms with E-state index in [0.29, 0.717) is 22.8 Å². The summed E-state index contributed by atoms with van der Waals surface area (Å²) in [5.74, 6) is 1.12. The summed E-state index contributed by atoms with van der Waals surface area (Å²) in [7, 11) is 5.94.